The number of thiophene rings is 1. The van der Waals surface area contributed by atoms with Crippen LogP contribution in [0.1, 0.15) is 47.5 Å². The number of rotatable bonds is 5. The number of hydrogen-bond donors (Lipinski definition) is 1. The minimum absolute atomic E-state index is 0.0398. The number of nitrogens with zero attached hydrogens (tertiary/aromatic N) is 2. The van der Waals surface area contributed by atoms with Crippen LogP contribution in [-0.2, 0) is 11.3 Å². The summed E-state index contributed by atoms with van der Waals surface area (Å²) in [5.41, 5.74) is 1.86. The Balaban J connectivity index is 1.62. The number of nitrogens with one attached hydrogen (secondary N) is 1. The third-order valence-electron chi connectivity index (χ3n) is 5.67. The molecule has 2 heterocycles. The number of benzene rings is 1. The van der Waals surface area contributed by atoms with Crippen LogP contribution in [0, 0.1) is 13.8 Å². The highest BCUT2D eigenvalue weighted by Crippen LogP contribution is 2.27. The van der Waals surface area contributed by atoms with Gasteiger partial charge in [-0.05, 0) is 43.9 Å². The van der Waals surface area contributed by atoms with E-state index in [2.05, 4.69) is 9.97 Å². The van der Waals surface area contributed by atoms with Crippen LogP contribution in [0.4, 0.5) is 0 Å². The predicted molar refractivity (Wildman–Crippen MR) is 118 cm³/mol. The summed E-state index contributed by atoms with van der Waals surface area (Å²) in [6, 6.07) is 9.99. The van der Waals surface area contributed by atoms with Crippen molar-refractivity contribution < 1.29 is 4.79 Å². The number of H-pyrrole nitrogens is 1. The van der Waals surface area contributed by atoms with Crippen molar-refractivity contribution in [3.63, 3.8) is 0 Å². The van der Waals surface area contributed by atoms with Gasteiger partial charge in [-0.25, -0.2) is 4.98 Å². The van der Waals surface area contributed by atoms with Crippen molar-refractivity contribution in [2.75, 3.05) is 0 Å². The number of aromatic amines is 1. The Morgan fingerprint density at radius 2 is 1.97 bits per heavy atom. The number of carbonyl (C=O) groups is 1. The highest BCUT2D eigenvalue weighted by atomic mass is 32.1. The summed E-state index contributed by atoms with van der Waals surface area (Å²) in [6.07, 6.45) is 7.72. The van der Waals surface area contributed by atoms with E-state index in [-0.39, 0.29) is 17.5 Å². The maximum absolute atomic E-state index is 13.0. The molecule has 150 valence electrons. The van der Waals surface area contributed by atoms with Crippen molar-refractivity contribution in [1.82, 2.24) is 14.9 Å². The maximum atomic E-state index is 13.0. The molecule has 3 aromatic rings. The highest BCUT2D eigenvalue weighted by molar-refractivity contribution is 7.18. The molecule has 0 aliphatic heterocycles. The van der Waals surface area contributed by atoms with Crippen LogP contribution in [0.5, 0.6) is 0 Å². The van der Waals surface area contributed by atoms with E-state index in [0.717, 1.165) is 46.5 Å². The van der Waals surface area contributed by atoms with Gasteiger partial charge in [0.15, 0.2) is 0 Å². The minimum Gasteiger partial charge on any atom is -0.329 e. The topological polar surface area (TPSA) is 66.1 Å². The quantitative estimate of drug-likeness (QED) is 0.629. The number of fused-ring (bicyclic) bond motifs is 1. The van der Waals surface area contributed by atoms with E-state index in [1.807, 2.05) is 55.2 Å². The Labute approximate surface area is 174 Å². The molecule has 1 N–H and O–H groups in total. The first-order valence-corrected chi connectivity index (χ1v) is 10.9. The third-order valence-corrected chi connectivity index (χ3v) is 6.78. The van der Waals surface area contributed by atoms with Crippen LogP contribution in [0.25, 0.3) is 16.3 Å². The smallest absolute Gasteiger partial charge is 0.259 e. The molecule has 6 heteroatoms. The summed E-state index contributed by atoms with van der Waals surface area (Å²) in [6.45, 7) is 4.28. The summed E-state index contributed by atoms with van der Waals surface area (Å²) in [5.74, 6) is 0.513. The van der Waals surface area contributed by atoms with Crippen LogP contribution in [0.15, 0.2) is 41.2 Å². The second-order valence-electron chi connectivity index (χ2n) is 7.62. The van der Waals surface area contributed by atoms with E-state index in [9.17, 15) is 9.59 Å². The zero-order chi connectivity index (χ0) is 20.4. The molecule has 0 bridgehead atoms. The van der Waals surface area contributed by atoms with Crippen LogP contribution < -0.4 is 5.56 Å². The maximum Gasteiger partial charge on any atom is 0.259 e. The molecule has 0 radical (unpaired) electrons. The van der Waals surface area contributed by atoms with Crippen molar-refractivity contribution in [3.05, 3.63) is 68.6 Å². The average Bonchev–Trinajstić information content (AvgIpc) is 3.34. The Morgan fingerprint density at radius 1 is 1.24 bits per heavy atom. The average molecular weight is 408 g/mol. The fourth-order valence-corrected chi connectivity index (χ4v) is 5.01. The first-order valence-electron chi connectivity index (χ1n) is 10.1. The van der Waals surface area contributed by atoms with Gasteiger partial charge in [-0.3, -0.25) is 9.59 Å². The molecule has 1 aromatic carbocycles. The summed E-state index contributed by atoms with van der Waals surface area (Å²) < 4.78 is 0. The largest absolute Gasteiger partial charge is 0.329 e. The predicted octanol–water partition coefficient (Wildman–Crippen LogP) is 4.59. The van der Waals surface area contributed by atoms with Crippen molar-refractivity contribution in [3.8, 4) is 0 Å². The van der Waals surface area contributed by atoms with E-state index in [1.54, 1.807) is 6.08 Å². The van der Waals surface area contributed by atoms with E-state index >= 15 is 0 Å². The molecule has 5 nitrogen and oxygen atoms in total. The monoisotopic (exact) mass is 407 g/mol. The molecule has 1 amide bonds. The second kappa shape index (κ2) is 8.33. The van der Waals surface area contributed by atoms with Gasteiger partial charge in [-0.2, -0.15) is 0 Å². The molecule has 1 fully saturated rings. The van der Waals surface area contributed by atoms with E-state index in [1.165, 1.54) is 11.3 Å². The number of aryl methyl sites for hydroxylation is 2. The Bertz CT molecular complexity index is 1110. The molecule has 0 saturated heterocycles. The highest BCUT2D eigenvalue weighted by Gasteiger charge is 2.26. The van der Waals surface area contributed by atoms with Crippen molar-refractivity contribution in [2.45, 2.75) is 52.1 Å². The Morgan fingerprint density at radius 3 is 2.69 bits per heavy atom. The SMILES string of the molecule is Cc1sc2nc(CN(C(=O)C=Cc3ccccc3)C3CCCC3)[nH]c(=O)c2c1C. The van der Waals surface area contributed by atoms with Gasteiger partial charge in [0.1, 0.15) is 10.7 Å². The van der Waals surface area contributed by atoms with E-state index in [0.29, 0.717) is 17.8 Å². The minimum atomic E-state index is -0.120. The standard InChI is InChI=1S/C23H25N3O2S/c1-15-16(2)29-23-21(15)22(28)24-19(25-23)14-26(18-10-6-7-11-18)20(27)13-12-17-8-4-3-5-9-17/h3-5,8-9,12-13,18H,6-7,10-11,14H2,1-2H3,(H,24,25,28). The van der Waals surface area contributed by atoms with Crippen molar-refractivity contribution >= 4 is 33.5 Å². The Hall–Kier alpha value is -2.73. The molecular weight excluding hydrogens is 382 g/mol. The van der Waals surface area contributed by atoms with Gasteiger partial charge in [-0.15, -0.1) is 11.3 Å². The molecule has 1 aliphatic rings. The van der Waals surface area contributed by atoms with Crippen LogP contribution in [-0.4, -0.2) is 26.8 Å². The molecule has 29 heavy (non-hydrogen) atoms. The first-order chi connectivity index (χ1) is 14.0. The molecule has 0 spiro atoms. The zero-order valence-corrected chi connectivity index (χ0v) is 17.6. The van der Waals surface area contributed by atoms with Gasteiger partial charge in [-0.1, -0.05) is 43.2 Å². The van der Waals surface area contributed by atoms with Crippen LogP contribution in [0.3, 0.4) is 0 Å². The first kappa shape index (κ1) is 19.6. The molecule has 2 aromatic heterocycles. The molecule has 0 unspecified atom stereocenters. The van der Waals surface area contributed by atoms with E-state index < -0.39 is 0 Å². The molecule has 4 rings (SSSR count). The van der Waals surface area contributed by atoms with Gasteiger partial charge >= 0.3 is 0 Å². The van der Waals surface area contributed by atoms with E-state index in [4.69, 9.17) is 0 Å². The molecular formula is C23H25N3O2S. The van der Waals surface area contributed by atoms with Crippen molar-refractivity contribution in [1.29, 1.82) is 0 Å². The number of hydrogen-bond acceptors (Lipinski definition) is 4. The van der Waals surface area contributed by atoms with Gasteiger partial charge in [0, 0.05) is 17.0 Å². The van der Waals surface area contributed by atoms with Gasteiger partial charge in [0.2, 0.25) is 5.91 Å². The van der Waals surface area contributed by atoms with Gasteiger partial charge < -0.3 is 9.88 Å². The summed E-state index contributed by atoms with van der Waals surface area (Å²) in [4.78, 5) is 36.9. The molecule has 1 aliphatic carbocycles. The lowest BCUT2D eigenvalue weighted by atomic mass is 10.1. The number of carbonyl (C=O) groups excluding carboxylic acids is 1. The molecule has 0 atom stereocenters. The normalized spacial score (nSPS) is 14.8. The molecule has 1 saturated carbocycles. The lowest BCUT2D eigenvalue weighted by molar-refractivity contribution is -0.128. The number of amides is 1. The second-order valence-corrected chi connectivity index (χ2v) is 8.83. The lowest BCUT2D eigenvalue weighted by Gasteiger charge is -2.27. The fourth-order valence-electron chi connectivity index (χ4n) is 3.97. The van der Waals surface area contributed by atoms with Crippen molar-refractivity contribution in [2.24, 2.45) is 0 Å². The zero-order valence-electron chi connectivity index (χ0n) is 16.8. The Kier molecular flexibility index (Phi) is 5.62. The summed E-state index contributed by atoms with van der Waals surface area (Å²) >= 11 is 1.53. The number of aromatic nitrogens is 2. The third kappa shape index (κ3) is 4.17. The lowest BCUT2D eigenvalue weighted by Crippen LogP contribution is -2.38. The van der Waals surface area contributed by atoms with Crippen LogP contribution >= 0.6 is 11.3 Å². The van der Waals surface area contributed by atoms with Crippen LogP contribution in [0.2, 0.25) is 0 Å². The summed E-state index contributed by atoms with van der Waals surface area (Å²) in [7, 11) is 0. The van der Waals surface area contributed by atoms with Gasteiger partial charge in [0.05, 0.1) is 11.9 Å². The van der Waals surface area contributed by atoms with Gasteiger partial charge in [0.25, 0.3) is 5.56 Å². The summed E-state index contributed by atoms with van der Waals surface area (Å²) in [5, 5.41) is 0.666. The fraction of sp³-hybridized carbons (Fsp3) is 0.348.